The molecule has 0 N–H and O–H groups in total. The van der Waals surface area contributed by atoms with Crippen molar-refractivity contribution in [2.24, 2.45) is 0 Å². The maximum atomic E-state index is 14.6. The highest BCUT2D eigenvalue weighted by Crippen LogP contribution is 2.38. The van der Waals surface area contributed by atoms with Crippen molar-refractivity contribution >= 4 is 22.5 Å². The maximum absolute atomic E-state index is 14.6. The number of rotatable bonds is 6. The summed E-state index contributed by atoms with van der Waals surface area (Å²) in [5.41, 5.74) is 2.43. The molecule has 0 saturated heterocycles. The monoisotopic (exact) mass is 524 g/mol. The van der Waals surface area contributed by atoms with Gasteiger partial charge in [-0.15, -0.1) is 0 Å². The fraction of sp³-hybridized carbons (Fsp3) is 0.138. The van der Waals surface area contributed by atoms with E-state index in [1.807, 2.05) is 48.5 Å². The molecule has 0 aliphatic rings. The molecular weight excluding hydrogens is 504 g/mol. The average molecular weight is 525 g/mol. The van der Waals surface area contributed by atoms with Gasteiger partial charge in [0.25, 0.3) is 0 Å². The molecule has 1 aromatic heterocycles. The molecule has 8 heteroatoms. The molecule has 1 heterocycles. The predicted molar refractivity (Wildman–Crippen MR) is 136 cm³/mol. The molecule has 0 unspecified atom stereocenters. The molecular formula is C29H21ClF4N2O. The van der Waals surface area contributed by atoms with Crippen LogP contribution in [0.5, 0.6) is 5.75 Å². The summed E-state index contributed by atoms with van der Waals surface area (Å²) in [6.45, 7) is -0.0625. The van der Waals surface area contributed by atoms with Crippen molar-refractivity contribution in [3.63, 3.8) is 0 Å². The summed E-state index contributed by atoms with van der Waals surface area (Å²) in [7, 11) is 1.60. The first-order valence-electron chi connectivity index (χ1n) is 11.5. The summed E-state index contributed by atoms with van der Waals surface area (Å²) in [5.74, 6) is 0.199. The molecule has 0 atom stereocenters. The van der Waals surface area contributed by atoms with Crippen LogP contribution in [0.3, 0.4) is 0 Å². The zero-order valence-electron chi connectivity index (χ0n) is 19.7. The molecule has 0 radical (unpaired) electrons. The van der Waals surface area contributed by atoms with Crippen LogP contribution in [0.2, 0.25) is 5.02 Å². The van der Waals surface area contributed by atoms with Gasteiger partial charge < -0.3 is 4.74 Å². The number of nitrogens with zero attached hydrogens (tertiary/aromatic N) is 2. The number of fused-ring (bicyclic) bond motifs is 1. The lowest BCUT2D eigenvalue weighted by molar-refractivity contribution is -0.136. The lowest BCUT2D eigenvalue weighted by Crippen LogP contribution is -2.07. The first kappa shape index (κ1) is 24.8. The van der Waals surface area contributed by atoms with E-state index in [9.17, 15) is 17.6 Å². The first-order valence-corrected chi connectivity index (χ1v) is 11.8. The van der Waals surface area contributed by atoms with Gasteiger partial charge in [-0.1, -0.05) is 60.1 Å². The van der Waals surface area contributed by atoms with E-state index in [0.29, 0.717) is 23.1 Å². The topological polar surface area (TPSA) is 27.1 Å². The van der Waals surface area contributed by atoms with Crippen LogP contribution in [-0.4, -0.2) is 16.9 Å². The molecule has 188 valence electrons. The Morgan fingerprint density at radius 3 is 2.35 bits per heavy atom. The number of halogens is 5. The standard InChI is InChI=1S/C29H21ClF4N2O/c1-37-23-12-8-18(9-13-23)14-19-4-2-5-20(15-19)28-24-6-3-7-25(29(32,33)34)27(24)35-36(28)17-21-10-11-22(30)16-26(21)31/h2-13,15-16H,14,17H2,1H3. The van der Waals surface area contributed by atoms with E-state index in [2.05, 4.69) is 5.10 Å². The van der Waals surface area contributed by atoms with Gasteiger partial charge >= 0.3 is 6.18 Å². The average Bonchev–Trinajstić information content (AvgIpc) is 3.23. The van der Waals surface area contributed by atoms with Crippen LogP contribution in [0.1, 0.15) is 22.3 Å². The first-order chi connectivity index (χ1) is 17.7. The molecule has 0 aliphatic heterocycles. The molecule has 0 fully saturated rings. The van der Waals surface area contributed by atoms with Gasteiger partial charge in [-0.3, -0.25) is 4.68 Å². The normalized spacial score (nSPS) is 11.7. The van der Waals surface area contributed by atoms with Gasteiger partial charge in [0.2, 0.25) is 0 Å². The van der Waals surface area contributed by atoms with Crippen molar-refractivity contribution in [1.82, 2.24) is 9.78 Å². The second-order valence-corrected chi connectivity index (χ2v) is 9.10. The van der Waals surface area contributed by atoms with Crippen LogP contribution < -0.4 is 4.74 Å². The Morgan fingerprint density at radius 1 is 0.892 bits per heavy atom. The van der Waals surface area contributed by atoms with Crippen LogP contribution in [0.15, 0.2) is 84.9 Å². The molecule has 0 bridgehead atoms. The molecule has 4 aromatic carbocycles. The molecule has 0 amide bonds. The van der Waals surface area contributed by atoms with Gasteiger partial charge in [0.1, 0.15) is 17.1 Å². The summed E-state index contributed by atoms with van der Waals surface area (Å²) in [4.78, 5) is 0. The summed E-state index contributed by atoms with van der Waals surface area (Å²) >= 11 is 5.89. The van der Waals surface area contributed by atoms with E-state index in [1.54, 1.807) is 19.2 Å². The Kier molecular flexibility index (Phi) is 6.65. The molecule has 37 heavy (non-hydrogen) atoms. The number of aromatic nitrogens is 2. The summed E-state index contributed by atoms with van der Waals surface area (Å²) in [6, 6.07) is 23.4. The largest absolute Gasteiger partial charge is 0.497 e. The summed E-state index contributed by atoms with van der Waals surface area (Å²) < 4.78 is 62.8. The van der Waals surface area contributed by atoms with Crippen molar-refractivity contribution in [1.29, 1.82) is 0 Å². The third-order valence-corrected chi connectivity index (χ3v) is 6.41. The lowest BCUT2D eigenvalue weighted by Gasteiger charge is -2.11. The number of alkyl halides is 3. The van der Waals surface area contributed by atoms with E-state index in [4.69, 9.17) is 16.3 Å². The Bertz CT molecular complexity index is 1580. The molecule has 0 spiro atoms. The zero-order chi connectivity index (χ0) is 26.2. The highest BCUT2D eigenvalue weighted by Gasteiger charge is 2.34. The minimum Gasteiger partial charge on any atom is -0.497 e. The number of hydrogen-bond acceptors (Lipinski definition) is 2. The molecule has 5 rings (SSSR count). The number of benzene rings is 4. The minimum absolute atomic E-state index is 0.0625. The third-order valence-electron chi connectivity index (χ3n) is 6.18. The second kappa shape index (κ2) is 9.90. The zero-order valence-corrected chi connectivity index (χ0v) is 20.4. The van der Waals surface area contributed by atoms with Crippen molar-refractivity contribution < 1.29 is 22.3 Å². The van der Waals surface area contributed by atoms with Crippen LogP contribution in [-0.2, 0) is 19.1 Å². The van der Waals surface area contributed by atoms with Crippen molar-refractivity contribution in [2.75, 3.05) is 7.11 Å². The predicted octanol–water partition coefficient (Wildman–Crippen LogP) is 8.16. The number of hydrogen-bond donors (Lipinski definition) is 0. The van der Waals surface area contributed by atoms with Crippen molar-refractivity contribution in [3.05, 3.63) is 118 Å². The summed E-state index contributed by atoms with van der Waals surface area (Å²) in [5, 5.41) is 4.90. The Hall–Kier alpha value is -3.84. The third kappa shape index (κ3) is 5.18. The van der Waals surface area contributed by atoms with E-state index < -0.39 is 17.6 Å². The van der Waals surface area contributed by atoms with E-state index in [-0.39, 0.29) is 22.6 Å². The SMILES string of the molecule is COc1ccc(Cc2cccc(-c3c4cccc(C(F)(F)F)c4nn3Cc3ccc(Cl)cc3F)c2)cc1. The Labute approximate surface area is 215 Å². The van der Waals surface area contributed by atoms with Gasteiger partial charge in [0.15, 0.2) is 0 Å². The van der Waals surface area contributed by atoms with Gasteiger partial charge in [-0.05, 0) is 53.9 Å². The van der Waals surface area contributed by atoms with Crippen LogP contribution >= 0.6 is 11.6 Å². The van der Waals surface area contributed by atoms with E-state index >= 15 is 0 Å². The second-order valence-electron chi connectivity index (χ2n) is 8.67. The van der Waals surface area contributed by atoms with Gasteiger partial charge in [-0.2, -0.15) is 18.3 Å². The molecule has 3 nitrogen and oxygen atoms in total. The van der Waals surface area contributed by atoms with Crippen LogP contribution in [0.4, 0.5) is 17.6 Å². The lowest BCUT2D eigenvalue weighted by atomic mass is 9.99. The fourth-order valence-electron chi connectivity index (χ4n) is 4.42. The number of ether oxygens (including phenoxy) is 1. The smallest absolute Gasteiger partial charge is 0.418 e. The Morgan fingerprint density at radius 2 is 1.65 bits per heavy atom. The molecule has 5 aromatic rings. The van der Waals surface area contributed by atoms with Gasteiger partial charge in [0, 0.05) is 21.5 Å². The quantitative estimate of drug-likeness (QED) is 0.209. The van der Waals surface area contributed by atoms with Gasteiger partial charge in [0.05, 0.1) is 24.9 Å². The molecule has 0 aliphatic carbocycles. The van der Waals surface area contributed by atoms with Crippen molar-refractivity contribution in [3.8, 4) is 17.0 Å². The highest BCUT2D eigenvalue weighted by atomic mass is 35.5. The highest BCUT2D eigenvalue weighted by molar-refractivity contribution is 6.30. The Balaban J connectivity index is 1.63. The van der Waals surface area contributed by atoms with E-state index in [0.717, 1.165) is 22.9 Å². The van der Waals surface area contributed by atoms with Crippen LogP contribution in [0, 0.1) is 5.82 Å². The van der Waals surface area contributed by atoms with Gasteiger partial charge in [-0.25, -0.2) is 4.39 Å². The minimum atomic E-state index is -4.59. The number of methoxy groups -OCH3 is 1. The molecule has 0 saturated carbocycles. The fourth-order valence-corrected chi connectivity index (χ4v) is 4.58. The maximum Gasteiger partial charge on any atom is 0.418 e. The van der Waals surface area contributed by atoms with E-state index in [1.165, 1.54) is 22.9 Å². The van der Waals surface area contributed by atoms with Crippen molar-refractivity contribution in [2.45, 2.75) is 19.1 Å². The van der Waals surface area contributed by atoms with Crippen LogP contribution in [0.25, 0.3) is 22.2 Å². The summed E-state index contributed by atoms with van der Waals surface area (Å²) in [6.07, 6.45) is -3.97.